The minimum absolute atomic E-state index is 0.0851. The summed E-state index contributed by atoms with van der Waals surface area (Å²) in [5.41, 5.74) is 1.53. The summed E-state index contributed by atoms with van der Waals surface area (Å²) in [6.45, 7) is 2.48. The van der Waals surface area contributed by atoms with Gasteiger partial charge in [0.05, 0.1) is 29.8 Å². The molecule has 1 fully saturated rings. The van der Waals surface area contributed by atoms with Gasteiger partial charge in [0.25, 0.3) is 5.91 Å². The number of likely N-dealkylation sites (tertiary alicyclic amines) is 1. The van der Waals surface area contributed by atoms with Gasteiger partial charge in [-0.05, 0) is 24.5 Å². The van der Waals surface area contributed by atoms with Crippen molar-refractivity contribution in [2.75, 3.05) is 20.1 Å². The number of rotatable bonds is 3. The molecule has 0 bridgehead atoms. The lowest BCUT2D eigenvalue weighted by atomic mass is 10.1. The van der Waals surface area contributed by atoms with Crippen LogP contribution in [0.15, 0.2) is 30.5 Å². The number of fused-ring (bicyclic) bond motifs is 1. The highest BCUT2D eigenvalue weighted by molar-refractivity contribution is 5.96. The number of hydrogen-bond donors (Lipinski definition) is 0. The van der Waals surface area contributed by atoms with E-state index in [1.807, 2.05) is 25.1 Å². The van der Waals surface area contributed by atoms with Crippen molar-refractivity contribution in [3.63, 3.8) is 0 Å². The van der Waals surface area contributed by atoms with Gasteiger partial charge in [0.15, 0.2) is 0 Å². The number of carbonyl (C=O) groups is 2. The number of nitriles is 1. The van der Waals surface area contributed by atoms with Crippen LogP contribution >= 0.6 is 0 Å². The second-order valence-electron chi connectivity index (χ2n) is 6.44. The first-order chi connectivity index (χ1) is 12.0. The van der Waals surface area contributed by atoms with E-state index in [-0.39, 0.29) is 24.1 Å². The number of benzene rings is 1. The highest BCUT2D eigenvalue weighted by atomic mass is 16.2. The predicted molar refractivity (Wildman–Crippen MR) is 91.4 cm³/mol. The van der Waals surface area contributed by atoms with Crippen LogP contribution in [0.1, 0.15) is 23.8 Å². The van der Waals surface area contributed by atoms with Gasteiger partial charge >= 0.3 is 0 Å². The fourth-order valence-corrected chi connectivity index (χ4v) is 3.07. The van der Waals surface area contributed by atoms with Crippen LogP contribution in [0.2, 0.25) is 0 Å². The quantitative estimate of drug-likeness (QED) is 0.846. The molecule has 2 unspecified atom stereocenters. The molecule has 0 radical (unpaired) electrons. The van der Waals surface area contributed by atoms with Crippen molar-refractivity contribution in [2.45, 2.75) is 19.4 Å². The zero-order chi connectivity index (χ0) is 18.0. The molecular formula is C18H19N5O2. The highest BCUT2D eigenvalue weighted by Gasteiger charge is 2.33. The van der Waals surface area contributed by atoms with Crippen molar-refractivity contribution >= 4 is 22.8 Å². The standard InChI is InChI=1S/C18H19N5O2/c1-12-7-13(8-19)23(10-12)17(24)11-22(2)18(25)16-9-20-14-5-3-4-6-15(14)21-16/h3-6,9,12-13H,7,10-11H2,1-2H3. The van der Waals surface area contributed by atoms with E-state index in [2.05, 4.69) is 16.0 Å². The van der Waals surface area contributed by atoms with Crippen LogP contribution in [-0.4, -0.2) is 57.8 Å². The first-order valence-electron chi connectivity index (χ1n) is 8.16. The van der Waals surface area contributed by atoms with Crippen molar-refractivity contribution < 1.29 is 9.59 Å². The normalized spacial score (nSPS) is 19.6. The van der Waals surface area contributed by atoms with E-state index in [1.165, 1.54) is 11.1 Å². The number of para-hydroxylation sites is 2. The van der Waals surface area contributed by atoms with Gasteiger partial charge in [-0.15, -0.1) is 0 Å². The Morgan fingerprint density at radius 2 is 2.08 bits per heavy atom. The second kappa shape index (κ2) is 6.85. The van der Waals surface area contributed by atoms with Crippen LogP contribution < -0.4 is 0 Å². The topological polar surface area (TPSA) is 90.2 Å². The Balaban J connectivity index is 1.71. The molecule has 2 heterocycles. The molecule has 128 valence electrons. The Hall–Kier alpha value is -3.01. The van der Waals surface area contributed by atoms with Gasteiger partial charge in [-0.2, -0.15) is 5.26 Å². The third-order valence-corrected chi connectivity index (χ3v) is 4.37. The summed E-state index contributed by atoms with van der Waals surface area (Å²) in [6, 6.07) is 9.03. The molecule has 25 heavy (non-hydrogen) atoms. The van der Waals surface area contributed by atoms with Crippen LogP contribution in [-0.2, 0) is 4.79 Å². The van der Waals surface area contributed by atoms with Crippen LogP contribution in [0, 0.1) is 17.2 Å². The number of nitrogens with zero attached hydrogens (tertiary/aromatic N) is 5. The Labute approximate surface area is 145 Å². The van der Waals surface area contributed by atoms with E-state index in [1.54, 1.807) is 18.0 Å². The SMILES string of the molecule is CC1CC(C#N)N(C(=O)CN(C)C(=O)c2cnc3ccccc3n2)C1. The number of hydrogen-bond acceptors (Lipinski definition) is 5. The van der Waals surface area contributed by atoms with Gasteiger partial charge in [0.1, 0.15) is 11.7 Å². The summed E-state index contributed by atoms with van der Waals surface area (Å²) in [6.07, 6.45) is 2.09. The van der Waals surface area contributed by atoms with E-state index in [9.17, 15) is 14.9 Å². The van der Waals surface area contributed by atoms with E-state index >= 15 is 0 Å². The maximum Gasteiger partial charge on any atom is 0.274 e. The molecule has 1 aliphatic rings. The molecule has 0 spiro atoms. The highest BCUT2D eigenvalue weighted by Crippen LogP contribution is 2.22. The van der Waals surface area contributed by atoms with Crippen molar-refractivity contribution in [3.05, 3.63) is 36.2 Å². The largest absolute Gasteiger partial charge is 0.331 e. The summed E-state index contributed by atoms with van der Waals surface area (Å²) in [4.78, 5) is 36.4. The lowest BCUT2D eigenvalue weighted by Crippen LogP contribution is -2.43. The molecule has 0 saturated carbocycles. The van der Waals surface area contributed by atoms with Crippen LogP contribution in [0.25, 0.3) is 11.0 Å². The fraction of sp³-hybridized carbons (Fsp3) is 0.389. The van der Waals surface area contributed by atoms with Crippen LogP contribution in [0.4, 0.5) is 0 Å². The van der Waals surface area contributed by atoms with Gasteiger partial charge in [-0.1, -0.05) is 19.1 Å². The summed E-state index contributed by atoms with van der Waals surface area (Å²) in [5, 5.41) is 9.18. The Kier molecular flexibility index (Phi) is 4.61. The van der Waals surface area contributed by atoms with Crippen LogP contribution in [0.5, 0.6) is 0 Å². The maximum absolute atomic E-state index is 12.5. The molecule has 1 aliphatic heterocycles. The zero-order valence-corrected chi connectivity index (χ0v) is 14.2. The van der Waals surface area contributed by atoms with Crippen LogP contribution in [0.3, 0.4) is 0 Å². The van der Waals surface area contributed by atoms with Gasteiger partial charge in [0, 0.05) is 13.6 Å². The smallest absolute Gasteiger partial charge is 0.274 e. The van der Waals surface area contributed by atoms with E-state index in [4.69, 9.17) is 0 Å². The first kappa shape index (κ1) is 16.8. The van der Waals surface area contributed by atoms with Gasteiger partial charge in [0.2, 0.25) is 5.91 Å². The van der Waals surface area contributed by atoms with Crippen molar-refractivity contribution in [3.8, 4) is 6.07 Å². The maximum atomic E-state index is 12.5. The average molecular weight is 337 g/mol. The molecule has 0 N–H and O–H groups in total. The number of carbonyl (C=O) groups excluding carboxylic acids is 2. The molecule has 1 aromatic carbocycles. The van der Waals surface area contributed by atoms with Crippen molar-refractivity contribution in [1.82, 2.24) is 19.8 Å². The third kappa shape index (κ3) is 3.43. The lowest BCUT2D eigenvalue weighted by Gasteiger charge is -2.23. The van der Waals surface area contributed by atoms with Crippen molar-refractivity contribution in [1.29, 1.82) is 5.26 Å². The fourth-order valence-electron chi connectivity index (χ4n) is 3.07. The average Bonchev–Trinajstić information content (AvgIpc) is 3.01. The molecule has 1 aromatic heterocycles. The molecule has 2 amide bonds. The second-order valence-corrected chi connectivity index (χ2v) is 6.44. The molecule has 2 aromatic rings. The first-order valence-corrected chi connectivity index (χ1v) is 8.16. The van der Waals surface area contributed by atoms with E-state index in [0.717, 1.165) is 0 Å². The molecule has 0 aliphatic carbocycles. The van der Waals surface area contributed by atoms with Gasteiger partial charge in [-0.3, -0.25) is 14.6 Å². The minimum Gasteiger partial charge on any atom is -0.331 e. The molecule has 1 saturated heterocycles. The monoisotopic (exact) mass is 337 g/mol. The van der Waals surface area contributed by atoms with Gasteiger partial charge in [-0.25, -0.2) is 4.98 Å². The molecule has 3 rings (SSSR count). The minimum atomic E-state index is -0.411. The summed E-state index contributed by atoms with van der Waals surface area (Å²) in [5.74, 6) is -0.297. The van der Waals surface area contributed by atoms with E-state index in [0.29, 0.717) is 29.9 Å². The molecule has 7 heteroatoms. The van der Waals surface area contributed by atoms with Gasteiger partial charge < -0.3 is 9.80 Å². The molecular weight excluding hydrogens is 318 g/mol. The Morgan fingerprint density at radius 3 is 2.80 bits per heavy atom. The van der Waals surface area contributed by atoms with Crippen molar-refractivity contribution in [2.24, 2.45) is 5.92 Å². The summed E-state index contributed by atoms with van der Waals surface area (Å²) >= 11 is 0. The Bertz CT molecular complexity index is 860. The summed E-state index contributed by atoms with van der Waals surface area (Å²) in [7, 11) is 1.55. The molecule has 2 atom stereocenters. The predicted octanol–water partition coefficient (Wildman–Crippen LogP) is 1.46. The third-order valence-electron chi connectivity index (χ3n) is 4.37. The lowest BCUT2D eigenvalue weighted by molar-refractivity contribution is -0.131. The number of likely N-dealkylation sites (N-methyl/N-ethyl adjacent to an activating group) is 1. The number of amides is 2. The number of aromatic nitrogens is 2. The van der Waals surface area contributed by atoms with E-state index < -0.39 is 6.04 Å². The Morgan fingerprint density at radius 1 is 1.36 bits per heavy atom. The molecule has 7 nitrogen and oxygen atoms in total. The summed E-state index contributed by atoms with van der Waals surface area (Å²) < 4.78 is 0. The zero-order valence-electron chi connectivity index (χ0n) is 14.2.